The van der Waals surface area contributed by atoms with Gasteiger partial charge in [0.1, 0.15) is 0 Å². The van der Waals surface area contributed by atoms with E-state index < -0.39 is 18.2 Å². The molecule has 1 amide bonds. The number of unbranched alkanes of at least 4 members (excludes halogenated alkanes) is 33. The van der Waals surface area contributed by atoms with Crippen LogP contribution < -0.4 is 5.32 Å². The van der Waals surface area contributed by atoms with Crippen LogP contribution in [0.15, 0.2) is 24.3 Å². The maximum Gasteiger partial charge on any atom is 0.222 e. The van der Waals surface area contributed by atoms with Crippen molar-refractivity contribution in [2.45, 2.75) is 276 Å². The first-order valence-electron chi connectivity index (χ1n) is 24.1. The first-order valence-corrected chi connectivity index (χ1v) is 24.1. The molecule has 0 aromatic carbocycles. The van der Waals surface area contributed by atoms with Crippen LogP contribution in [-0.4, -0.2) is 46.1 Å². The molecule has 0 fully saturated rings. The summed E-state index contributed by atoms with van der Waals surface area (Å²) in [5.41, 5.74) is 0. The van der Waals surface area contributed by atoms with Crippen molar-refractivity contribution in [3.8, 4) is 0 Å². The lowest BCUT2D eigenvalue weighted by Gasteiger charge is -2.21. The van der Waals surface area contributed by atoms with Gasteiger partial charge in [-0.15, -0.1) is 0 Å². The second-order valence-electron chi connectivity index (χ2n) is 16.7. The molecular weight excluding hydrogens is 667 g/mol. The Morgan fingerprint density at radius 1 is 0.463 bits per heavy atom. The lowest BCUT2D eigenvalue weighted by molar-refractivity contribution is -0.124. The molecule has 3 atom stereocenters. The summed E-state index contributed by atoms with van der Waals surface area (Å²) in [6, 6.07) is -0.745. The van der Waals surface area contributed by atoms with Crippen molar-refractivity contribution in [3.63, 3.8) is 0 Å². The average Bonchev–Trinajstić information content (AvgIpc) is 3.16. The van der Waals surface area contributed by atoms with E-state index in [4.69, 9.17) is 0 Å². The van der Waals surface area contributed by atoms with Gasteiger partial charge < -0.3 is 20.6 Å². The van der Waals surface area contributed by atoms with E-state index >= 15 is 0 Å². The van der Waals surface area contributed by atoms with E-state index in [2.05, 4.69) is 31.3 Å². The van der Waals surface area contributed by atoms with Gasteiger partial charge in [0.25, 0.3) is 0 Å². The van der Waals surface area contributed by atoms with Gasteiger partial charge in [-0.3, -0.25) is 4.79 Å². The molecule has 0 rings (SSSR count). The molecule has 0 aliphatic heterocycles. The fourth-order valence-electron chi connectivity index (χ4n) is 7.51. The minimum Gasteiger partial charge on any atom is -0.394 e. The highest BCUT2D eigenvalue weighted by Crippen LogP contribution is 2.16. The Bertz CT molecular complexity index is 799. The molecule has 0 aromatic heterocycles. The molecular formula is C49H95NO4. The Morgan fingerprint density at radius 3 is 1.13 bits per heavy atom. The van der Waals surface area contributed by atoms with Crippen LogP contribution in [0.5, 0.6) is 0 Å². The molecule has 0 aliphatic rings. The van der Waals surface area contributed by atoms with E-state index in [0.29, 0.717) is 6.42 Å². The quantitative estimate of drug-likeness (QED) is 0.0368. The van der Waals surface area contributed by atoms with Crippen LogP contribution >= 0.6 is 0 Å². The van der Waals surface area contributed by atoms with Gasteiger partial charge in [0.2, 0.25) is 5.91 Å². The van der Waals surface area contributed by atoms with Crippen LogP contribution in [-0.2, 0) is 4.79 Å². The molecule has 5 heteroatoms. The topological polar surface area (TPSA) is 89.8 Å². The summed E-state index contributed by atoms with van der Waals surface area (Å²) in [5.74, 6) is -0.318. The molecule has 3 unspecified atom stereocenters. The summed E-state index contributed by atoms with van der Waals surface area (Å²) >= 11 is 0. The van der Waals surface area contributed by atoms with Crippen LogP contribution in [0.3, 0.4) is 0 Å². The molecule has 0 radical (unpaired) electrons. The molecule has 0 aliphatic carbocycles. The monoisotopic (exact) mass is 762 g/mol. The molecule has 0 bridgehead atoms. The number of aliphatic hydroxyl groups is 3. The molecule has 4 N–H and O–H groups in total. The van der Waals surface area contributed by atoms with Gasteiger partial charge in [-0.25, -0.2) is 0 Å². The van der Waals surface area contributed by atoms with E-state index in [1.807, 2.05) is 6.08 Å². The molecule has 0 heterocycles. The maximum atomic E-state index is 12.5. The van der Waals surface area contributed by atoms with E-state index in [1.54, 1.807) is 6.08 Å². The molecule has 0 aromatic rings. The predicted molar refractivity (Wildman–Crippen MR) is 236 cm³/mol. The fourth-order valence-corrected chi connectivity index (χ4v) is 7.51. The maximum absolute atomic E-state index is 12.5. The van der Waals surface area contributed by atoms with E-state index in [-0.39, 0.29) is 18.9 Å². The zero-order chi connectivity index (χ0) is 39.4. The smallest absolute Gasteiger partial charge is 0.222 e. The van der Waals surface area contributed by atoms with Crippen LogP contribution in [0.2, 0.25) is 0 Å². The van der Waals surface area contributed by atoms with Crippen LogP contribution in [0.4, 0.5) is 0 Å². The number of hydrogen-bond acceptors (Lipinski definition) is 4. The number of carbonyl (C=O) groups excluding carboxylic acids is 1. The van der Waals surface area contributed by atoms with Gasteiger partial charge >= 0.3 is 0 Å². The molecule has 0 saturated carbocycles. The van der Waals surface area contributed by atoms with E-state index in [9.17, 15) is 20.1 Å². The zero-order valence-electron chi connectivity index (χ0n) is 36.4. The number of hydrogen-bond donors (Lipinski definition) is 4. The summed E-state index contributed by atoms with van der Waals surface area (Å²) in [5, 5.41) is 33.3. The highest BCUT2D eigenvalue weighted by atomic mass is 16.3. The molecule has 320 valence electrons. The summed E-state index contributed by atoms with van der Waals surface area (Å²) < 4.78 is 0. The normalized spacial score (nSPS) is 13.6. The van der Waals surface area contributed by atoms with Gasteiger partial charge in [0, 0.05) is 0 Å². The highest BCUT2D eigenvalue weighted by molar-refractivity contribution is 5.76. The van der Waals surface area contributed by atoms with Crippen molar-refractivity contribution in [2.75, 3.05) is 6.61 Å². The van der Waals surface area contributed by atoms with Crippen molar-refractivity contribution in [2.24, 2.45) is 0 Å². The second-order valence-corrected chi connectivity index (χ2v) is 16.7. The number of aliphatic hydroxyl groups excluding tert-OH is 3. The molecule has 54 heavy (non-hydrogen) atoms. The van der Waals surface area contributed by atoms with Crippen molar-refractivity contribution >= 4 is 5.91 Å². The van der Waals surface area contributed by atoms with Gasteiger partial charge in [0.05, 0.1) is 31.3 Å². The average molecular weight is 762 g/mol. The summed E-state index contributed by atoms with van der Waals surface area (Å²) in [4.78, 5) is 12.5. The van der Waals surface area contributed by atoms with Gasteiger partial charge in [-0.2, -0.15) is 0 Å². The third-order valence-corrected chi connectivity index (χ3v) is 11.2. The lowest BCUT2D eigenvalue weighted by Crippen LogP contribution is -2.45. The number of carbonyl (C=O) groups is 1. The van der Waals surface area contributed by atoms with E-state index in [1.165, 1.54) is 193 Å². The fraction of sp³-hybridized carbons (Fsp3) is 0.898. The highest BCUT2D eigenvalue weighted by Gasteiger charge is 2.20. The number of amides is 1. The van der Waals surface area contributed by atoms with Crippen molar-refractivity contribution < 1.29 is 20.1 Å². The van der Waals surface area contributed by atoms with Crippen LogP contribution in [0.25, 0.3) is 0 Å². The minimum absolute atomic E-state index is 0.00997. The Balaban J connectivity index is 3.63. The van der Waals surface area contributed by atoms with Gasteiger partial charge in [0.15, 0.2) is 0 Å². The Morgan fingerprint density at radius 2 is 0.778 bits per heavy atom. The molecule has 0 saturated heterocycles. The minimum atomic E-state index is -0.929. The SMILES string of the molecule is CCCCCCCCCCC/C=C\CCCCCCCC(O)CC(=O)NC(CO)C(O)/C=C/CCCCCCCCCCCCCCCCCCCCC. The first kappa shape index (κ1) is 52.8. The first-order chi connectivity index (χ1) is 26.5. The largest absolute Gasteiger partial charge is 0.394 e. The van der Waals surface area contributed by atoms with Crippen molar-refractivity contribution in [3.05, 3.63) is 24.3 Å². The van der Waals surface area contributed by atoms with Gasteiger partial charge in [-0.1, -0.05) is 231 Å². The van der Waals surface area contributed by atoms with E-state index in [0.717, 1.165) is 38.5 Å². The number of rotatable bonds is 44. The molecule has 0 spiro atoms. The Labute approximate surface area is 337 Å². The van der Waals surface area contributed by atoms with Crippen molar-refractivity contribution in [1.29, 1.82) is 0 Å². The Hall–Kier alpha value is -1.17. The van der Waals surface area contributed by atoms with Crippen molar-refractivity contribution in [1.82, 2.24) is 5.32 Å². The standard InChI is InChI=1S/C49H95NO4/c1-3-5-7-9-11-13-15-17-19-21-23-24-25-27-29-31-33-35-37-39-41-43-48(53)47(45-51)50-49(54)44-46(52)42-40-38-36-34-32-30-28-26-22-20-18-16-14-12-10-8-6-4-2/h26,28,41,43,46-48,51-53H,3-25,27,29-40,42,44-45H2,1-2H3,(H,50,54)/b28-26-,43-41+. The number of allylic oxidation sites excluding steroid dienone is 3. The summed E-state index contributed by atoms with van der Waals surface area (Å²) in [7, 11) is 0. The summed E-state index contributed by atoms with van der Waals surface area (Å²) in [6.07, 6.45) is 54.7. The van der Waals surface area contributed by atoms with Crippen LogP contribution in [0.1, 0.15) is 258 Å². The predicted octanol–water partition coefficient (Wildman–Crippen LogP) is 14.2. The Kier molecular flexibility index (Phi) is 43.6. The summed E-state index contributed by atoms with van der Waals surface area (Å²) in [6.45, 7) is 4.23. The molecule has 5 nitrogen and oxygen atoms in total. The second kappa shape index (κ2) is 44.5. The van der Waals surface area contributed by atoms with Gasteiger partial charge in [-0.05, 0) is 44.9 Å². The van der Waals surface area contributed by atoms with Crippen LogP contribution in [0, 0.1) is 0 Å². The third kappa shape index (κ3) is 40.5. The third-order valence-electron chi connectivity index (χ3n) is 11.2. The lowest BCUT2D eigenvalue weighted by atomic mass is 10.0. The number of nitrogens with one attached hydrogen (secondary N) is 1. The zero-order valence-corrected chi connectivity index (χ0v) is 36.4.